The Kier molecular flexibility index (Phi) is 8.86. The average Bonchev–Trinajstić information content (AvgIpc) is 2.92. The van der Waals surface area contributed by atoms with Crippen molar-refractivity contribution in [2.45, 2.75) is 57.5 Å². The van der Waals surface area contributed by atoms with E-state index in [2.05, 4.69) is 0 Å². The zero-order valence-electron chi connectivity index (χ0n) is 22.9. The quantitative estimate of drug-likeness (QED) is 0.282. The van der Waals surface area contributed by atoms with Gasteiger partial charge in [0.1, 0.15) is 11.4 Å². The highest BCUT2D eigenvalue weighted by Crippen LogP contribution is 2.53. The molecule has 1 fully saturated rings. The number of hydrogen-bond donors (Lipinski definition) is 1. The van der Waals surface area contributed by atoms with Crippen molar-refractivity contribution in [2.24, 2.45) is 11.8 Å². The highest BCUT2D eigenvalue weighted by molar-refractivity contribution is 6.31. The van der Waals surface area contributed by atoms with Crippen LogP contribution in [0.5, 0.6) is 5.75 Å². The lowest BCUT2D eigenvalue weighted by Crippen LogP contribution is -2.54. The molecule has 3 aromatic rings. The van der Waals surface area contributed by atoms with Gasteiger partial charge in [-0.25, -0.2) is 0 Å². The number of benzene rings is 3. The van der Waals surface area contributed by atoms with Crippen molar-refractivity contribution in [3.8, 4) is 5.75 Å². The van der Waals surface area contributed by atoms with Gasteiger partial charge in [-0.05, 0) is 80.3 Å². The van der Waals surface area contributed by atoms with Gasteiger partial charge in [0.05, 0.1) is 24.5 Å². The lowest BCUT2D eigenvalue weighted by molar-refractivity contribution is -0.184. The van der Waals surface area contributed by atoms with Gasteiger partial charge < -0.3 is 19.5 Å². The first kappa shape index (κ1) is 29.7. The van der Waals surface area contributed by atoms with Crippen LogP contribution in [0.15, 0.2) is 66.7 Å². The third kappa shape index (κ3) is 6.83. The van der Waals surface area contributed by atoms with Gasteiger partial charge in [-0.3, -0.25) is 9.59 Å². The first-order valence-corrected chi connectivity index (χ1v) is 14.8. The van der Waals surface area contributed by atoms with E-state index in [1.165, 1.54) is 0 Å². The van der Waals surface area contributed by atoms with Crippen molar-refractivity contribution in [1.29, 1.82) is 0 Å². The van der Waals surface area contributed by atoms with Gasteiger partial charge >= 0.3 is 5.97 Å². The second kappa shape index (κ2) is 12.2. The van der Waals surface area contributed by atoms with Gasteiger partial charge in [0.15, 0.2) is 0 Å². The summed E-state index contributed by atoms with van der Waals surface area (Å²) in [6, 6.07) is 20.3. The first-order chi connectivity index (χ1) is 19.5. The monoisotopic (exact) mass is 615 g/mol. The standard InChI is InChI=1S/C32H32Cl3NO5/c1-32(2)26-17-25(31(39)36(13-12-29(37)38)18-19-6-8-21(33)9-7-19)28(15-20-4-3-5-22(34)14-20)40-30(26)24-16-23(35)10-11-27(24)41-32/h3-11,14,16,25-26,28,30H,12-13,15,17-18H2,1-2H3,(H,37,38)/t25-,26-,28-,30+/m1/s1. The summed E-state index contributed by atoms with van der Waals surface area (Å²) in [5, 5.41) is 11.2. The Bertz CT molecular complexity index is 1430. The highest BCUT2D eigenvalue weighted by Gasteiger charge is 2.52. The molecule has 2 heterocycles. The minimum atomic E-state index is -0.968. The molecular weight excluding hydrogens is 585 g/mol. The number of nitrogens with zero attached hydrogens (tertiary/aromatic N) is 1. The third-order valence-electron chi connectivity index (χ3n) is 8.02. The van der Waals surface area contributed by atoms with Crippen LogP contribution in [-0.4, -0.2) is 40.1 Å². The molecule has 0 bridgehead atoms. The molecule has 0 aromatic heterocycles. The Morgan fingerprint density at radius 3 is 2.37 bits per heavy atom. The van der Waals surface area contributed by atoms with Crippen molar-refractivity contribution in [1.82, 2.24) is 4.90 Å². The zero-order chi connectivity index (χ0) is 29.3. The zero-order valence-corrected chi connectivity index (χ0v) is 25.1. The Labute approximate surface area is 255 Å². The normalized spacial score (nSPS) is 22.7. The van der Waals surface area contributed by atoms with Crippen LogP contribution in [0.4, 0.5) is 0 Å². The smallest absolute Gasteiger partial charge is 0.305 e. The van der Waals surface area contributed by atoms with E-state index in [4.69, 9.17) is 44.3 Å². The van der Waals surface area contributed by atoms with Crippen molar-refractivity contribution < 1.29 is 24.2 Å². The van der Waals surface area contributed by atoms with Crippen LogP contribution in [0.3, 0.4) is 0 Å². The molecule has 4 atom stereocenters. The maximum Gasteiger partial charge on any atom is 0.305 e. The molecule has 0 aliphatic carbocycles. The second-order valence-electron chi connectivity index (χ2n) is 11.3. The minimum Gasteiger partial charge on any atom is -0.487 e. The van der Waals surface area contributed by atoms with Crippen LogP contribution in [0.1, 0.15) is 49.5 Å². The predicted octanol–water partition coefficient (Wildman–Crippen LogP) is 7.63. The Hall–Kier alpha value is -2.77. The molecular formula is C32H32Cl3NO5. The minimum absolute atomic E-state index is 0.0730. The molecule has 0 unspecified atom stereocenters. The fourth-order valence-electron chi connectivity index (χ4n) is 5.95. The van der Waals surface area contributed by atoms with Crippen molar-refractivity contribution in [3.63, 3.8) is 0 Å². The van der Waals surface area contributed by atoms with E-state index in [0.29, 0.717) is 27.9 Å². The van der Waals surface area contributed by atoms with Crippen molar-refractivity contribution >= 4 is 46.7 Å². The Morgan fingerprint density at radius 2 is 1.66 bits per heavy atom. The van der Waals surface area contributed by atoms with Crippen LogP contribution >= 0.6 is 34.8 Å². The average molecular weight is 617 g/mol. The van der Waals surface area contributed by atoms with Crippen LogP contribution in [0, 0.1) is 11.8 Å². The molecule has 6 nitrogen and oxygen atoms in total. The van der Waals surface area contributed by atoms with Crippen LogP contribution in [-0.2, 0) is 27.3 Å². The summed E-state index contributed by atoms with van der Waals surface area (Å²) in [6.45, 7) is 4.36. The van der Waals surface area contributed by atoms with E-state index in [0.717, 1.165) is 22.4 Å². The SMILES string of the molecule is CC1(C)Oc2ccc(Cl)cc2[C@@H]2O[C@H](Cc3cccc(Cl)c3)[C@H](C(=O)N(CCC(=O)O)Cc3ccc(Cl)cc3)C[C@H]21. The third-order valence-corrected chi connectivity index (χ3v) is 8.75. The van der Waals surface area contributed by atoms with Crippen LogP contribution in [0.2, 0.25) is 15.1 Å². The predicted molar refractivity (Wildman–Crippen MR) is 160 cm³/mol. The first-order valence-electron chi connectivity index (χ1n) is 13.6. The van der Waals surface area contributed by atoms with Crippen molar-refractivity contribution in [3.05, 3.63) is 98.5 Å². The number of ether oxygens (including phenoxy) is 2. The molecule has 5 rings (SSSR count). The summed E-state index contributed by atoms with van der Waals surface area (Å²) >= 11 is 18.8. The number of carboxylic acids is 1. The fourth-order valence-corrected chi connectivity index (χ4v) is 6.47. The summed E-state index contributed by atoms with van der Waals surface area (Å²) in [6.07, 6.45) is -0.0219. The highest BCUT2D eigenvalue weighted by atomic mass is 35.5. The summed E-state index contributed by atoms with van der Waals surface area (Å²) in [5.74, 6) is -1.09. The number of fused-ring (bicyclic) bond motifs is 3. The molecule has 2 aliphatic heterocycles. The van der Waals surface area contributed by atoms with Gasteiger partial charge in [0, 0.05) is 39.6 Å². The molecule has 1 amide bonds. The summed E-state index contributed by atoms with van der Waals surface area (Å²) in [4.78, 5) is 27.5. The van der Waals surface area contributed by atoms with Crippen LogP contribution < -0.4 is 4.74 Å². The summed E-state index contributed by atoms with van der Waals surface area (Å²) < 4.78 is 13.3. The topological polar surface area (TPSA) is 76.1 Å². The van der Waals surface area contributed by atoms with E-state index in [-0.39, 0.29) is 37.4 Å². The van der Waals surface area contributed by atoms with Crippen LogP contribution in [0.25, 0.3) is 0 Å². The fraction of sp³-hybridized carbons (Fsp3) is 0.375. The number of carboxylic acid groups (broad SMARTS) is 1. The van der Waals surface area contributed by atoms with E-state index < -0.39 is 23.6 Å². The number of carbonyl (C=O) groups is 2. The number of carbonyl (C=O) groups excluding carboxylic acids is 1. The Balaban J connectivity index is 1.51. The van der Waals surface area contributed by atoms with E-state index >= 15 is 0 Å². The molecule has 41 heavy (non-hydrogen) atoms. The molecule has 3 aromatic carbocycles. The molecule has 1 saturated heterocycles. The van der Waals surface area contributed by atoms with Gasteiger partial charge in [0.25, 0.3) is 0 Å². The molecule has 1 N–H and O–H groups in total. The van der Waals surface area contributed by atoms with Gasteiger partial charge in [0.2, 0.25) is 5.91 Å². The molecule has 2 aliphatic rings. The summed E-state index contributed by atoms with van der Waals surface area (Å²) in [7, 11) is 0. The van der Waals surface area contributed by atoms with E-state index in [1.54, 1.807) is 23.1 Å². The lowest BCUT2D eigenvalue weighted by atomic mass is 9.71. The van der Waals surface area contributed by atoms with E-state index in [9.17, 15) is 14.7 Å². The van der Waals surface area contributed by atoms with E-state index in [1.807, 2.05) is 62.4 Å². The molecule has 0 spiro atoms. The Morgan fingerprint density at radius 1 is 0.951 bits per heavy atom. The van der Waals surface area contributed by atoms with Crippen molar-refractivity contribution in [2.75, 3.05) is 6.54 Å². The summed E-state index contributed by atoms with van der Waals surface area (Å²) in [5.41, 5.74) is 2.06. The number of halogens is 3. The largest absolute Gasteiger partial charge is 0.487 e. The number of hydrogen-bond acceptors (Lipinski definition) is 4. The van der Waals surface area contributed by atoms with Gasteiger partial charge in [-0.1, -0.05) is 59.1 Å². The number of aliphatic carboxylic acids is 1. The van der Waals surface area contributed by atoms with Gasteiger partial charge in [-0.2, -0.15) is 0 Å². The lowest BCUT2D eigenvalue weighted by Gasteiger charge is -2.51. The molecule has 216 valence electrons. The number of rotatable bonds is 8. The maximum atomic E-state index is 14.4. The molecule has 0 radical (unpaired) electrons. The van der Waals surface area contributed by atoms with Gasteiger partial charge in [-0.15, -0.1) is 0 Å². The maximum absolute atomic E-state index is 14.4. The molecule has 9 heteroatoms. The molecule has 0 saturated carbocycles. The number of amides is 1. The second-order valence-corrected chi connectivity index (χ2v) is 12.6.